The number of carbonyl (C=O) groups excluding carboxylic acids is 1. The van der Waals surface area contributed by atoms with Crippen LogP contribution in [0.4, 0.5) is 0 Å². The molecule has 0 saturated carbocycles. The number of ether oxygens (including phenoxy) is 2. The van der Waals surface area contributed by atoms with Crippen LogP contribution in [0.25, 0.3) is 33.5 Å². The fourth-order valence-corrected chi connectivity index (χ4v) is 5.64. The van der Waals surface area contributed by atoms with Crippen molar-refractivity contribution in [2.75, 3.05) is 32.9 Å². The Labute approximate surface area is 252 Å². The van der Waals surface area contributed by atoms with E-state index in [1.54, 1.807) is 59.5 Å². The Morgan fingerprint density at radius 2 is 1.90 bits per heavy atom. The number of furan rings is 1. The molecule has 1 fully saturated rings. The van der Waals surface area contributed by atoms with E-state index >= 15 is 0 Å². The zero-order chi connectivity index (χ0) is 28.5. The molecule has 208 valence electrons. The lowest BCUT2D eigenvalue weighted by atomic mass is 10.2. The summed E-state index contributed by atoms with van der Waals surface area (Å²) < 4.78 is 18.8. The van der Waals surface area contributed by atoms with Crippen LogP contribution in [0.2, 0.25) is 10.0 Å². The number of aromatic nitrogens is 2. The number of hydrogen-bond donors (Lipinski definition) is 0. The monoisotopic (exact) mass is 654 g/mol. The van der Waals surface area contributed by atoms with E-state index in [1.165, 1.54) is 10.9 Å². The summed E-state index contributed by atoms with van der Waals surface area (Å²) in [4.78, 5) is 32.4. The van der Waals surface area contributed by atoms with Crippen molar-refractivity contribution < 1.29 is 18.7 Å². The highest BCUT2D eigenvalue weighted by Gasteiger charge is 2.20. The molecule has 41 heavy (non-hydrogen) atoms. The standard InChI is InChI=1S/C29H21BrCl2N4O5/c30-21-11-17(12-22(32)27(21)40-16-26(37)35-7-9-39-10-8-35)15-33-36-28(34-23-4-2-1-3-20(23)29(36)38)25-14-18-13-19(31)5-6-24(18)41-25/h1-6,11-15H,7-10,16H2. The van der Waals surface area contributed by atoms with Crippen molar-refractivity contribution >= 4 is 73.1 Å². The van der Waals surface area contributed by atoms with Gasteiger partial charge in [-0.3, -0.25) is 9.59 Å². The summed E-state index contributed by atoms with van der Waals surface area (Å²) in [6.45, 7) is 1.91. The van der Waals surface area contributed by atoms with E-state index in [-0.39, 0.29) is 28.9 Å². The van der Waals surface area contributed by atoms with Gasteiger partial charge in [0, 0.05) is 23.5 Å². The average molecular weight is 656 g/mol. The lowest BCUT2D eigenvalue weighted by Crippen LogP contribution is -2.43. The molecule has 0 bridgehead atoms. The van der Waals surface area contributed by atoms with Crippen LogP contribution in [0.5, 0.6) is 5.75 Å². The summed E-state index contributed by atoms with van der Waals surface area (Å²) in [5, 5.41) is 6.48. The smallest absolute Gasteiger partial charge is 0.282 e. The summed E-state index contributed by atoms with van der Waals surface area (Å²) in [6, 6.07) is 17.4. The fraction of sp³-hybridized carbons (Fsp3) is 0.172. The molecule has 9 nitrogen and oxygen atoms in total. The van der Waals surface area contributed by atoms with Gasteiger partial charge in [-0.2, -0.15) is 9.78 Å². The predicted molar refractivity (Wildman–Crippen MR) is 161 cm³/mol. The number of halogens is 3. The number of para-hydroxylation sites is 1. The molecule has 1 aliphatic rings. The van der Waals surface area contributed by atoms with E-state index in [4.69, 9.17) is 37.1 Å². The molecule has 0 aliphatic carbocycles. The highest BCUT2D eigenvalue weighted by atomic mass is 79.9. The van der Waals surface area contributed by atoms with E-state index < -0.39 is 0 Å². The maximum absolute atomic E-state index is 13.5. The Morgan fingerprint density at radius 3 is 2.71 bits per heavy atom. The second-order valence-corrected chi connectivity index (χ2v) is 10.9. The number of benzene rings is 3. The molecule has 3 aromatic carbocycles. The highest BCUT2D eigenvalue weighted by molar-refractivity contribution is 9.10. The number of morpholine rings is 1. The van der Waals surface area contributed by atoms with Crippen LogP contribution in [0.1, 0.15) is 5.56 Å². The molecule has 1 saturated heterocycles. The lowest BCUT2D eigenvalue weighted by molar-refractivity contribution is -0.137. The van der Waals surface area contributed by atoms with Crippen molar-refractivity contribution in [3.63, 3.8) is 0 Å². The third kappa shape index (κ3) is 5.73. The molecule has 0 unspecified atom stereocenters. The van der Waals surface area contributed by atoms with Crippen LogP contribution in [-0.2, 0) is 9.53 Å². The summed E-state index contributed by atoms with van der Waals surface area (Å²) in [5.74, 6) is 0.765. The van der Waals surface area contributed by atoms with E-state index in [9.17, 15) is 9.59 Å². The highest BCUT2D eigenvalue weighted by Crippen LogP contribution is 2.34. The van der Waals surface area contributed by atoms with Gasteiger partial charge >= 0.3 is 0 Å². The Hall–Kier alpha value is -3.70. The number of rotatable bonds is 6. The van der Waals surface area contributed by atoms with Crippen molar-refractivity contribution in [2.45, 2.75) is 0 Å². The second-order valence-electron chi connectivity index (χ2n) is 9.20. The van der Waals surface area contributed by atoms with Gasteiger partial charge in [0.15, 0.2) is 18.1 Å². The number of amides is 1. The van der Waals surface area contributed by atoms with Crippen LogP contribution < -0.4 is 10.3 Å². The summed E-state index contributed by atoms with van der Waals surface area (Å²) in [5.41, 5.74) is 1.32. The maximum Gasteiger partial charge on any atom is 0.282 e. The van der Waals surface area contributed by atoms with Gasteiger partial charge in [0.05, 0.1) is 39.8 Å². The second kappa shape index (κ2) is 11.7. The minimum Gasteiger partial charge on any atom is -0.481 e. The molecule has 1 aliphatic heterocycles. The SMILES string of the molecule is O=C(COc1c(Cl)cc(C=Nn2c(-c3cc4cc(Cl)ccc4o3)nc3ccccc3c2=O)cc1Br)N1CCOCC1. The Kier molecular flexibility index (Phi) is 7.81. The van der Waals surface area contributed by atoms with Gasteiger partial charge in [-0.1, -0.05) is 35.3 Å². The Bertz CT molecular complexity index is 1860. The lowest BCUT2D eigenvalue weighted by Gasteiger charge is -2.26. The maximum atomic E-state index is 13.5. The number of hydrogen-bond acceptors (Lipinski definition) is 7. The van der Waals surface area contributed by atoms with Gasteiger partial charge in [-0.25, -0.2) is 4.98 Å². The molecular weight excluding hydrogens is 635 g/mol. The molecule has 0 atom stereocenters. The first-order chi connectivity index (χ1) is 19.9. The first kappa shape index (κ1) is 27.5. The van der Waals surface area contributed by atoms with Gasteiger partial charge in [0.2, 0.25) is 5.82 Å². The summed E-state index contributed by atoms with van der Waals surface area (Å²) in [6.07, 6.45) is 1.49. The van der Waals surface area contributed by atoms with Gasteiger partial charge in [-0.05, 0) is 70.0 Å². The summed E-state index contributed by atoms with van der Waals surface area (Å²) >= 11 is 16.1. The van der Waals surface area contributed by atoms with Gasteiger partial charge in [-0.15, -0.1) is 0 Å². The molecule has 2 aromatic heterocycles. The zero-order valence-corrected chi connectivity index (χ0v) is 24.4. The first-order valence-electron chi connectivity index (χ1n) is 12.6. The van der Waals surface area contributed by atoms with Crippen molar-refractivity contribution in [3.8, 4) is 17.3 Å². The van der Waals surface area contributed by atoms with E-state index in [1.807, 2.05) is 6.07 Å². The van der Waals surface area contributed by atoms with Crippen LogP contribution in [-0.4, -0.2) is 59.6 Å². The van der Waals surface area contributed by atoms with Gasteiger partial charge < -0.3 is 18.8 Å². The van der Waals surface area contributed by atoms with Crippen LogP contribution in [0, 0.1) is 0 Å². The molecular formula is C29H21BrCl2N4O5. The van der Waals surface area contributed by atoms with Crippen molar-refractivity contribution in [2.24, 2.45) is 5.10 Å². The fourth-order valence-electron chi connectivity index (χ4n) is 4.47. The topological polar surface area (TPSA) is 99.2 Å². The van der Waals surface area contributed by atoms with E-state index in [0.717, 1.165) is 5.39 Å². The minimum absolute atomic E-state index is 0.148. The molecule has 6 rings (SSSR count). The van der Waals surface area contributed by atoms with Crippen LogP contribution in [0.3, 0.4) is 0 Å². The normalized spacial score (nSPS) is 13.9. The molecule has 0 spiro atoms. The number of nitrogens with zero attached hydrogens (tertiary/aromatic N) is 4. The van der Waals surface area contributed by atoms with E-state index in [0.29, 0.717) is 69.4 Å². The summed E-state index contributed by atoms with van der Waals surface area (Å²) in [7, 11) is 0. The molecule has 0 radical (unpaired) electrons. The molecule has 1 amide bonds. The predicted octanol–water partition coefficient (Wildman–Crippen LogP) is 6.00. The van der Waals surface area contributed by atoms with Crippen molar-refractivity contribution in [1.82, 2.24) is 14.6 Å². The number of fused-ring (bicyclic) bond motifs is 2. The van der Waals surface area contributed by atoms with Gasteiger partial charge in [0.1, 0.15) is 5.58 Å². The quantitative estimate of drug-likeness (QED) is 0.208. The first-order valence-corrected chi connectivity index (χ1v) is 14.2. The van der Waals surface area contributed by atoms with Gasteiger partial charge in [0.25, 0.3) is 11.5 Å². The molecule has 0 N–H and O–H groups in total. The number of carbonyl (C=O) groups is 1. The third-order valence-corrected chi connectivity index (χ3v) is 7.60. The minimum atomic E-state index is -0.368. The molecule has 3 heterocycles. The van der Waals surface area contributed by atoms with Crippen molar-refractivity contribution in [1.29, 1.82) is 0 Å². The largest absolute Gasteiger partial charge is 0.481 e. The van der Waals surface area contributed by atoms with Crippen LogP contribution in [0.15, 0.2) is 79.4 Å². The zero-order valence-electron chi connectivity index (χ0n) is 21.4. The van der Waals surface area contributed by atoms with E-state index in [2.05, 4.69) is 26.0 Å². The Morgan fingerprint density at radius 1 is 1.10 bits per heavy atom. The molecule has 5 aromatic rings. The average Bonchev–Trinajstić information content (AvgIpc) is 3.39. The Balaban J connectivity index is 1.33. The third-order valence-electron chi connectivity index (χ3n) is 6.50. The van der Waals surface area contributed by atoms with Crippen LogP contribution >= 0.6 is 39.1 Å². The molecule has 12 heteroatoms. The van der Waals surface area contributed by atoms with Crippen molar-refractivity contribution in [3.05, 3.63) is 91.1 Å².